The van der Waals surface area contributed by atoms with Gasteiger partial charge >= 0.3 is 0 Å². The summed E-state index contributed by atoms with van der Waals surface area (Å²) in [6, 6.07) is -0.0991. The van der Waals surface area contributed by atoms with Gasteiger partial charge in [0.25, 0.3) is 0 Å². The molecule has 118 valence electrons. The molecule has 0 aromatic heterocycles. The van der Waals surface area contributed by atoms with Gasteiger partial charge in [0.1, 0.15) is 0 Å². The first-order chi connectivity index (χ1) is 9.51. The van der Waals surface area contributed by atoms with Crippen molar-refractivity contribution in [1.82, 2.24) is 16.0 Å². The maximum Gasteiger partial charge on any atom is 0.236 e. The van der Waals surface area contributed by atoms with Gasteiger partial charge in [-0.25, -0.2) is 0 Å². The Kier molecular flexibility index (Phi) is 11.0. The van der Waals surface area contributed by atoms with Gasteiger partial charge < -0.3 is 20.7 Å². The molecule has 3 N–H and O–H groups in total. The van der Waals surface area contributed by atoms with Crippen LogP contribution in [0.2, 0.25) is 0 Å². The third-order valence-corrected chi connectivity index (χ3v) is 3.04. The van der Waals surface area contributed by atoms with Crippen LogP contribution in [0.1, 0.15) is 40.0 Å². The maximum atomic E-state index is 11.7. The molecule has 0 spiro atoms. The van der Waals surface area contributed by atoms with Gasteiger partial charge in [0.2, 0.25) is 11.8 Å². The SMILES string of the molecule is CCC(C)NC(=O)CCNC(C)C(=O)NCCCOC. The predicted octanol–water partition coefficient (Wildman–Crippen LogP) is 0.422. The summed E-state index contributed by atoms with van der Waals surface area (Å²) in [5, 5.41) is 8.74. The summed E-state index contributed by atoms with van der Waals surface area (Å²) in [5.41, 5.74) is 0. The van der Waals surface area contributed by atoms with E-state index < -0.39 is 0 Å². The Hall–Kier alpha value is -1.14. The Bertz CT molecular complexity index is 285. The van der Waals surface area contributed by atoms with Crippen molar-refractivity contribution >= 4 is 11.8 Å². The van der Waals surface area contributed by atoms with Gasteiger partial charge in [-0.2, -0.15) is 0 Å². The molecule has 0 fully saturated rings. The number of hydrogen-bond donors (Lipinski definition) is 3. The van der Waals surface area contributed by atoms with E-state index in [4.69, 9.17) is 4.74 Å². The van der Waals surface area contributed by atoms with Gasteiger partial charge in [0.15, 0.2) is 0 Å². The molecule has 20 heavy (non-hydrogen) atoms. The molecule has 0 aromatic carbocycles. The van der Waals surface area contributed by atoms with Crippen LogP contribution in [0.25, 0.3) is 0 Å². The Labute approximate surface area is 122 Å². The zero-order valence-corrected chi connectivity index (χ0v) is 13.1. The number of hydrogen-bond acceptors (Lipinski definition) is 4. The summed E-state index contributed by atoms with van der Waals surface area (Å²) in [4.78, 5) is 23.2. The molecular formula is C14H29N3O3. The van der Waals surface area contributed by atoms with E-state index in [0.29, 0.717) is 26.1 Å². The number of rotatable bonds is 11. The smallest absolute Gasteiger partial charge is 0.236 e. The van der Waals surface area contributed by atoms with E-state index in [0.717, 1.165) is 12.8 Å². The fourth-order valence-corrected chi connectivity index (χ4v) is 1.53. The molecule has 0 aliphatic heterocycles. The number of methoxy groups -OCH3 is 1. The summed E-state index contributed by atoms with van der Waals surface area (Å²) in [6.45, 7) is 7.53. The molecule has 0 radical (unpaired) electrons. The Balaban J connectivity index is 3.68. The van der Waals surface area contributed by atoms with E-state index in [9.17, 15) is 9.59 Å². The number of ether oxygens (including phenoxy) is 1. The lowest BCUT2D eigenvalue weighted by Crippen LogP contribution is -2.44. The highest BCUT2D eigenvalue weighted by atomic mass is 16.5. The second-order valence-corrected chi connectivity index (χ2v) is 4.94. The Morgan fingerprint density at radius 1 is 1.20 bits per heavy atom. The van der Waals surface area contributed by atoms with E-state index in [1.165, 1.54) is 0 Å². The molecule has 6 heteroatoms. The second-order valence-electron chi connectivity index (χ2n) is 4.94. The predicted molar refractivity (Wildman–Crippen MR) is 79.5 cm³/mol. The highest BCUT2D eigenvalue weighted by molar-refractivity contribution is 5.81. The van der Waals surface area contributed by atoms with Crippen LogP contribution < -0.4 is 16.0 Å². The molecule has 0 aliphatic rings. The second kappa shape index (κ2) is 11.7. The molecule has 0 saturated carbocycles. The number of amides is 2. The zero-order valence-electron chi connectivity index (χ0n) is 13.1. The summed E-state index contributed by atoms with van der Waals surface area (Å²) in [6.07, 6.45) is 2.09. The van der Waals surface area contributed by atoms with Crippen molar-refractivity contribution in [3.05, 3.63) is 0 Å². The Morgan fingerprint density at radius 2 is 1.90 bits per heavy atom. The third kappa shape index (κ3) is 9.75. The van der Waals surface area contributed by atoms with Crippen LogP contribution in [0.15, 0.2) is 0 Å². The van der Waals surface area contributed by atoms with Crippen LogP contribution in [-0.4, -0.2) is 50.7 Å². The average molecular weight is 287 g/mol. The quantitative estimate of drug-likeness (QED) is 0.481. The Morgan fingerprint density at radius 3 is 2.50 bits per heavy atom. The van der Waals surface area contributed by atoms with Crippen LogP contribution in [0.4, 0.5) is 0 Å². The largest absolute Gasteiger partial charge is 0.385 e. The lowest BCUT2D eigenvalue weighted by atomic mass is 10.2. The average Bonchev–Trinajstić information content (AvgIpc) is 2.42. The van der Waals surface area contributed by atoms with Crippen molar-refractivity contribution < 1.29 is 14.3 Å². The van der Waals surface area contributed by atoms with E-state index in [-0.39, 0.29) is 23.9 Å². The molecule has 2 atom stereocenters. The van der Waals surface area contributed by atoms with Gasteiger partial charge in [0, 0.05) is 39.3 Å². The fourth-order valence-electron chi connectivity index (χ4n) is 1.53. The highest BCUT2D eigenvalue weighted by Gasteiger charge is 2.12. The van der Waals surface area contributed by atoms with Crippen LogP contribution in [0, 0.1) is 0 Å². The van der Waals surface area contributed by atoms with Crippen LogP contribution in [0.3, 0.4) is 0 Å². The van der Waals surface area contributed by atoms with Crippen molar-refractivity contribution in [2.75, 3.05) is 26.8 Å². The molecule has 0 heterocycles. The molecule has 0 aliphatic carbocycles. The first-order valence-corrected chi connectivity index (χ1v) is 7.30. The van der Waals surface area contributed by atoms with Crippen LogP contribution in [-0.2, 0) is 14.3 Å². The van der Waals surface area contributed by atoms with Gasteiger partial charge in [-0.1, -0.05) is 6.92 Å². The van der Waals surface area contributed by atoms with E-state index in [1.54, 1.807) is 14.0 Å². The lowest BCUT2D eigenvalue weighted by Gasteiger charge is -2.15. The lowest BCUT2D eigenvalue weighted by molar-refractivity contribution is -0.124. The molecular weight excluding hydrogens is 258 g/mol. The van der Waals surface area contributed by atoms with Crippen molar-refractivity contribution in [3.8, 4) is 0 Å². The third-order valence-electron chi connectivity index (χ3n) is 3.04. The monoisotopic (exact) mass is 287 g/mol. The highest BCUT2D eigenvalue weighted by Crippen LogP contribution is 1.90. The summed E-state index contributed by atoms with van der Waals surface area (Å²) in [7, 11) is 1.64. The molecule has 6 nitrogen and oxygen atoms in total. The van der Waals surface area contributed by atoms with Crippen molar-refractivity contribution in [2.24, 2.45) is 0 Å². The zero-order chi connectivity index (χ0) is 15.4. The van der Waals surface area contributed by atoms with Crippen LogP contribution >= 0.6 is 0 Å². The first kappa shape index (κ1) is 18.9. The molecule has 0 saturated heterocycles. The van der Waals surface area contributed by atoms with Crippen molar-refractivity contribution in [3.63, 3.8) is 0 Å². The van der Waals surface area contributed by atoms with Gasteiger partial charge in [-0.3, -0.25) is 9.59 Å². The number of carbonyl (C=O) groups excluding carboxylic acids is 2. The fraction of sp³-hybridized carbons (Fsp3) is 0.857. The molecule has 0 aromatic rings. The molecule has 2 unspecified atom stereocenters. The van der Waals surface area contributed by atoms with Gasteiger partial charge in [0.05, 0.1) is 6.04 Å². The summed E-state index contributed by atoms with van der Waals surface area (Å²) in [5.74, 6) is -0.0389. The normalized spacial score (nSPS) is 13.6. The minimum atomic E-state index is -0.297. The molecule has 2 amide bonds. The van der Waals surface area contributed by atoms with Gasteiger partial charge in [-0.05, 0) is 26.7 Å². The van der Waals surface area contributed by atoms with Crippen molar-refractivity contribution in [1.29, 1.82) is 0 Å². The summed E-state index contributed by atoms with van der Waals surface area (Å²) >= 11 is 0. The topological polar surface area (TPSA) is 79.5 Å². The van der Waals surface area contributed by atoms with Gasteiger partial charge in [-0.15, -0.1) is 0 Å². The summed E-state index contributed by atoms with van der Waals surface area (Å²) < 4.78 is 4.90. The number of nitrogens with one attached hydrogen (secondary N) is 3. The standard InChI is InChI=1S/C14H29N3O3/c1-5-11(2)17-13(18)7-9-15-12(3)14(19)16-8-6-10-20-4/h11-12,15H,5-10H2,1-4H3,(H,16,19)(H,17,18). The minimum absolute atomic E-state index is 0.0135. The minimum Gasteiger partial charge on any atom is -0.385 e. The van der Waals surface area contributed by atoms with Crippen molar-refractivity contribution in [2.45, 2.75) is 52.1 Å². The van der Waals surface area contributed by atoms with Crippen LogP contribution in [0.5, 0.6) is 0 Å². The molecule has 0 rings (SSSR count). The van der Waals surface area contributed by atoms with E-state index in [1.807, 2.05) is 13.8 Å². The number of carbonyl (C=O) groups is 2. The first-order valence-electron chi connectivity index (χ1n) is 7.30. The van der Waals surface area contributed by atoms with E-state index >= 15 is 0 Å². The van der Waals surface area contributed by atoms with E-state index in [2.05, 4.69) is 16.0 Å². The molecule has 0 bridgehead atoms. The maximum absolute atomic E-state index is 11.7.